The van der Waals surface area contributed by atoms with Gasteiger partial charge in [0.25, 0.3) is 5.91 Å². The third-order valence-corrected chi connectivity index (χ3v) is 4.95. The molecule has 1 fully saturated rings. The van der Waals surface area contributed by atoms with Gasteiger partial charge in [0, 0.05) is 29.1 Å². The van der Waals surface area contributed by atoms with Crippen LogP contribution in [0, 0.1) is 0 Å². The average Bonchev–Trinajstić information content (AvgIpc) is 3.36. The molecule has 26 heavy (non-hydrogen) atoms. The molecule has 3 amide bonds. The van der Waals surface area contributed by atoms with Crippen molar-refractivity contribution in [2.45, 2.75) is 18.3 Å². The SMILES string of the molecule is O=C(NCC1(c2ccccc2)CC1)NNC(=O)c1c[nH]c2ccccc12. The van der Waals surface area contributed by atoms with Gasteiger partial charge in [-0.05, 0) is 24.5 Å². The van der Waals surface area contributed by atoms with Gasteiger partial charge in [-0.15, -0.1) is 0 Å². The molecule has 0 spiro atoms. The van der Waals surface area contributed by atoms with Gasteiger partial charge in [0.1, 0.15) is 0 Å². The molecule has 2 aromatic carbocycles. The number of urea groups is 1. The maximum atomic E-state index is 12.3. The molecule has 6 nitrogen and oxygen atoms in total. The van der Waals surface area contributed by atoms with Crippen molar-refractivity contribution in [1.29, 1.82) is 0 Å². The molecule has 1 heterocycles. The number of para-hydroxylation sites is 1. The van der Waals surface area contributed by atoms with E-state index in [0.717, 1.165) is 23.7 Å². The predicted molar refractivity (Wildman–Crippen MR) is 99.7 cm³/mol. The first kappa shape index (κ1) is 16.2. The highest BCUT2D eigenvalue weighted by molar-refractivity contribution is 6.07. The molecule has 1 aromatic heterocycles. The van der Waals surface area contributed by atoms with Gasteiger partial charge in [0.05, 0.1) is 5.56 Å². The Morgan fingerprint density at radius 2 is 1.69 bits per heavy atom. The van der Waals surface area contributed by atoms with Crippen LogP contribution >= 0.6 is 0 Å². The van der Waals surface area contributed by atoms with Crippen molar-refractivity contribution in [3.8, 4) is 0 Å². The number of nitrogens with one attached hydrogen (secondary N) is 4. The lowest BCUT2D eigenvalue weighted by atomic mass is 9.96. The van der Waals surface area contributed by atoms with Crippen molar-refractivity contribution in [3.63, 3.8) is 0 Å². The van der Waals surface area contributed by atoms with Crippen molar-refractivity contribution in [1.82, 2.24) is 21.2 Å². The second-order valence-electron chi connectivity index (χ2n) is 6.66. The molecule has 1 aliphatic carbocycles. The second-order valence-corrected chi connectivity index (χ2v) is 6.66. The number of rotatable bonds is 4. The predicted octanol–water partition coefficient (Wildman–Crippen LogP) is 2.84. The molecule has 132 valence electrons. The number of hydrogen-bond donors (Lipinski definition) is 4. The molecule has 1 aliphatic rings. The van der Waals surface area contributed by atoms with E-state index in [9.17, 15) is 9.59 Å². The standard InChI is InChI=1S/C20H20N4O2/c25-18(16-12-21-17-9-5-4-8-15(16)17)23-24-19(26)22-13-20(10-11-20)14-6-2-1-3-7-14/h1-9,12,21H,10-11,13H2,(H,23,25)(H2,22,24,26). The fraction of sp³-hybridized carbons (Fsp3) is 0.200. The normalized spacial score (nSPS) is 14.6. The van der Waals surface area contributed by atoms with Gasteiger partial charge in [-0.3, -0.25) is 10.2 Å². The minimum Gasteiger partial charge on any atom is -0.360 e. The number of benzene rings is 2. The maximum absolute atomic E-state index is 12.3. The van der Waals surface area contributed by atoms with Crippen LogP contribution < -0.4 is 16.2 Å². The van der Waals surface area contributed by atoms with Crippen LogP contribution in [0.5, 0.6) is 0 Å². The van der Waals surface area contributed by atoms with Gasteiger partial charge in [0.2, 0.25) is 0 Å². The van der Waals surface area contributed by atoms with Gasteiger partial charge in [0.15, 0.2) is 0 Å². The Balaban J connectivity index is 1.31. The van der Waals surface area contributed by atoms with Crippen LogP contribution in [0.3, 0.4) is 0 Å². The Morgan fingerprint density at radius 3 is 2.46 bits per heavy atom. The summed E-state index contributed by atoms with van der Waals surface area (Å²) in [5, 5.41) is 3.66. The molecule has 0 radical (unpaired) electrons. The number of H-pyrrole nitrogens is 1. The minimum atomic E-state index is -0.416. The summed E-state index contributed by atoms with van der Waals surface area (Å²) in [7, 11) is 0. The molecule has 4 N–H and O–H groups in total. The van der Waals surface area contributed by atoms with Crippen molar-refractivity contribution in [2.24, 2.45) is 0 Å². The third kappa shape index (κ3) is 3.13. The Labute approximate surface area is 151 Å². The molecule has 0 unspecified atom stereocenters. The zero-order valence-electron chi connectivity index (χ0n) is 14.2. The highest BCUT2D eigenvalue weighted by atomic mass is 16.2. The number of carbonyl (C=O) groups is 2. The fourth-order valence-corrected chi connectivity index (χ4v) is 3.24. The Kier molecular flexibility index (Phi) is 4.08. The number of aromatic nitrogens is 1. The summed E-state index contributed by atoms with van der Waals surface area (Å²) in [6.45, 7) is 0.547. The first-order chi connectivity index (χ1) is 12.7. The van der Waals surface area contributed by atoms with Crippen LogP contribution in [-0.2, 0) is 5.41 Å². The van der Waals surface area contributed by atoms with Crippen LogP contribution in [0.25, 0.3) is 10.9 Å². The zero-order chi connectivity index (χ0) is 18.0. The lowest BCUT2D eigenvalue weighted by Gasteiger charge is -2.17. The summed E-state index contributed by atoms with van der Waals surface area (Å²) in [5.41, 5.74) is 7.51. The molecule has 3 aromatic rings. The van der Waals surface area contributed by atoms with Crippen LogP contribution in [0.2, 0.25) is 0 Å². The van der Waals surface area contributed by atoms with E-state index in [1.807, 2.05) is 42.5 Å². The number of carbonyl (C=O) groups excluding carboxylic acids is 2. The maximum Gasteiger partial charge on any atom is 0.333 e. The van der Waals surface area contributed by atoms with E-state index in [1.165, 1.54) is 5.56 Å². The second kappa shape index (κ2) is 6.55. The lowest BCUT2D eigenvalue weighted by molar-refractivity contribution is 0.0938. The molecule has 1 saturated carbocycles. The van der Waals surface area contributed by atoms with Crippen LogP contribution in [0.1, 0.15) is 28.8 Å². The Morgan fingerprint density at radius 1 is 0.962 bits per heavy atom. The van der Waals surface area contributed by atoms with Crippen LogP contribution in [0.4, 0.5) is 4.79 Å². The largest absolute Gasteiger partial charge is 0.360 e. The number of hydrogen-bond acceptors (Lipinski definition) is 2. The first-order valence-corrected chi connectivity index (χ1v) is 8.64. The zero-order valence-corrected chi connectivity index (χ0v) is 14.2. The summed E-state index contributed by atoms with van der Waals surface area (Å²) in [6, 6.07) is 17.3. The first-order valence-electron chi connectivity index (χ1n) is 8.64. The number of hydrazine groups is 1. The lowest BCUT2D eigenvalue weighted by Crippen LogP contribution is -2.48. The smallest absolute Gasteiger partial charge is 0.333 e. The van der Waals surface area contributed by atoms with E-state index in [1.54, 1.807) is 6.20 Å². The van der Waals surface area contributed by atoms with Gasteiger partial charge < -0.3 is 10.3 Å². The Hall–Kier alpha value is -3.28. The van der Waals surface area contributed by atoms with E-state index in [-0.39, 0.29) is 11.3 Å². The van der Waals surface area contributed by atoms with Crippen LogP contribution in [0.15, 0.2) is 60.8 Å². The molecule has 0 saturated heterocycles. The quantitative estimate of drug-likeness (QED) is 0.547. The average molecular weight is 348 g/mol. The molecule has 0 aliphatic heterocycles. The summed E-state index contributed by atoms with van der Waals surface area (Å²) >= 11 is 0. The van der Waals surface area contributed by atoms with Crippen molar-refractivity contribution < 1.29 is 9.59 Å². The van der Waals surface area contributed by atoms with Gasteiger partial charge in [-0.1, -0.05) is 48.5 Å². The number of fused-ring (bicyclic) bond motifs is 1. The summed E-state index contributed by atoms with van der Waals surface area (Å²) in [5.74, 6) is -0.359. The van der Waals surface area contributed by atoms with Crippen LogP contribution in [-0.4, -0.2) is 23.5 Å². The van der Waals surface area contributed by atoms with Crippen molar-refractivity contribution >= 4 is 22.8 Å². The van der Waals surface area contributed by atoms with E-state index in [4.69, 9.17) is 0 Å². The summed E-state index contributed by atoms with van der Waals surface area (Å²) in [4.78, 5) is 27.4. The highest BCUT2D eigenvalue weighted by Crippen LogP contribution is 2.47. The number of amides is 3. The van der Waals surface area contributed by atoms with Crippen molar-refractivity contribution in [3.05, 3.63) is 71.9 Å². The minimum absolute atomic E-state index is 0.0272. The molecule has 0 atom stereocenters. The molecule has 6 heteroatoms. The molecular formula is C20H20N4O2. The van der Waals surface area contributed by atoms with Gasteiger partial charge in [-0.25, -0.2) is 10.2 Å². The summed E-state index contributed by atoms with van der Waals surface area (Å²) in [6.07, 6.45) is 3.74. The van der Waals surface area contributed by atoms with Gasteiger partial charge >= 0.3 is 6.03 Å². The van der Waals surface area contributed by atoms with Gasteiger partial charge in [-0.2, -0.15) is 0 Å². The topological polar surface area (TPSA) is 86.0 Å². The number of aromatic amines is 1. The Bertz CT molecular complexity index is 945. The van der Waals surface area contributed by atoms with E-state index in [2.05, 4.69) is 33.3 Å². The molecular weight excluding hydrogens is 328 g/mol. The highest BCUT2D eigenvalue weighted by Gasteiger charge is 2.44. The molecule has 4 rings (SSSR count). The summed E-state index contributed by atoms with van der Waals surface area (Å²) < 4.78 is 0. The monoisotopic (exact) mass is 348 g/mol. The van der Waals surface area contributed by atoms with Crippen molar-refractivity contribution in [2.75, 3.05) is 6.54 Å². The fourth-order valence-electron chi connectivity index (χ4n) is 3.24. The molecule has 0 bridgehead atoms. The van der Waals surface area contributed by atoms with E-state index in [0.29, 0.717) is 12.1 Å². The van der Waals surface area contributed by atoms with E-state index >= 15 is 0 Å². The van der Waals surface area contributed by atoms with E-state index < -0.39 is 6.03 Å². The third-order valence-electron chi connectivity index (χ3n) is 4.95.